The Morgan fingerprint density at radius 2 is 1.69 bits per heavy atom. The molecule has 1 unspecified atom stereocenters. The van der Waals surface area contributed by atoms with Crippen LogP contribution < -0.4 is 4.90 Å². The Kier molecular flexibility index (Phi) is 4.70. The van der Waals surface area contributed by atoms with E-state index in [9.17, 15) is 4.79 Å². The van der Waals surface area contributed by atoms with Crippen LogP contribution in [0.2, 0.25) is 5.02 Å². The lowest BCUT2D eigenvalue weighted by Gasteiger charge is -2.38. The van der Waals surface area contributed by atoms with Crippen LogP contribution in [-0.4, -0.2) is 15.9 Å². The highest BCUT2D eigenvalue weighted by atomic mass is 35.5. The van der Waals surface area contributed by atoms with Gasteiger partial charge in [0.05, 0.1) is 18.2 Å². The molecular formula is C22H16ClN3OS2. The molecule has 144 valence electrons. The predicted octanol–water partition coefficient (Wildman–Crippen LogP) is 6.37. The van der Waals surface area contributed by atoms with Gasteiger partial charge >= 0.3 is 0 Å². The first kappa shape index (κ1) is 18.5. The van der Waals surface area contributed by atoms with Crippen LogP contribution in [0.1, 0.15) is 23.6 Å². The zero-order chi connectivity index (χ0) is 20.0. The van der Waals surface area contributed by atoms with E-state index in [1.807, 2.05) is 35.0 Å². The van der Waals surface area contributed by atoms with Crippen molar-refractivity contribution in [2.45, 2.75) is 19.4 Å². The summed E-state index contributed by atoms with van der Waals surface area (Å²) >= 11 is 9.00. The quantitative estimate of drug-likeness (QED) is 0.348. The molecule has 1 amide bonds. The van der Waals surface area contributed by atoms with E-state index in [1.165, 1.54) is 16.9 Å². The van der Waals surface area contributed by atoms with Crippen LogP contribution in [0, 0.1) is 6.92 Å². The summed E-state index contributed by atoms with van der Waals surface area (Å²) in [5.41, 5.74) is 5.07. The maximum Gasteiger partial charge on any atom is 0.231 e. The van der Waals surface area contributed by atoms with Gasteiger partial charge in [0.2, 0.25) is 5.91 Å². The number of anilines is 1. The Morgan fingerprint density at radius 3 is 2.41 bits per heavy atom. The molecule has 1 aliphatic heterocycles. The van der Waals surface area contributed by atoms with Crippen LogP contribution in [0.5, 0.6) is 0 Å². The SMILES string of the molecule is Cc1ccc(C2CC(=O)N2c2nc(-c3nc(-c4ccc(Cl)cc4)cs3)cs2)cc1. The monoisotopic (exact) mass is 437 g/mol. The molecule has 0 saturated carbocycles. The number of β-lactam (4-membered cyclic amide) rings is 1. The number of nitrogens with zero attached hydrogens (tertiary/aromatic N) is 3. The second-order valence-electron chi connectivity index (χ2n) is 6.95. The third kappa shape index (κ3) is 3.48. The summed E-state index contributed by atoms with van der Waals surface area (Å²) in [5.74, 6) is 0.109. The molecule has 1 fully saturated rings. The summed E-state index contributed by atoms with van der Waals surface area (Å²) in [4.78, 5) is 23.5. The molecule has 5 rings (SSSR count). The van der Waals surface area contributed by atoms with Crippen LogP contribution >= 0.6 is 34.3 Å². The Balaban J connectivity index is 1.40. The minimum Gasteiger partial charge on any atom is -0.280 e. The number of hydrogen-bond acceptors (Lipinski definition) is 5. The topological polar surface area (TPSA) is 46.1 Å². The van der Waals surface area contributed by atoms with Gasteiger partial charge in [0.1, 0.15) is 10.7 Å². The largest absolute Gasteiger partial charge is 0.280 e. The Hall–Kier alpha value is -2.54. The fourth-order valence-corrected chi connectivity index (χ4v) is 5.19. The molecule has 0 N–H and O–H groups in total. The van der Waals surface area contributed by atoms with Crippen molar-refractivity contribution in [1.82, 2.24) is 9.97 Å². The van der Waals surface area contributed by atoms with Gasteiger partial charge in [-0.3, -0.25) is 9.69 Å². The molecule has 1 atom stereocenters. The van der Waals surface area contributed by atoms with E-state index < -0.39 is 0 Å². The van der Waals surface area contributed by atoms with Gasteiger partial charge in [-0.1, -0.05) is 53.6 Å². The summed E-state index contributed by atoms with van der Waals surface area (Å²) in [6.07, 6.45) is 0.524. The second-order valence-corrected chi connectivity index (χ2v) is 9.09. The van der Waals surface area contributed by atoms with Crippen molar-refractivity contribution in [1.29, 1.82) is 0 Å². The van der Waals surface area contributed by atoms with Crippen LogP contribution in [0.15, 0.2) is 59.3 Å². The molecule has 2 aromatic heterocycles. The van der Waals surface area contributed by atoms with Crippen molar-refractivity contribution in [3.8, 4) is 22.0 Å². The highest BCUT2D eigenvalue weighted by molar-refractivity contribution is 7.16. The van der Waals surface area contributed by atoms with Crippen molar-refractivity contribution < 1.29 is 4.79 Å². The minimum absolute atomic E-state index is 0.0584. The van der Waals surface area contributed by atoms with Gasteiger partial charge in [0.15, 0.2) is 5.13 Å². The molecule has 0 spiro atoms. The van der Waals surface area contributed by atoms with E-state index in [0.29, 0.717) is 11.4 Å². The lowest BCUT2D eigenvalue weighted by molar-refractivity contribution is -0.124. The molecule has 4 aromatic rings. The molecule has 1 aliphatic rings. The van der Waals surface area contributed by atoms with E-state index in [2.05, 4.69) is 31.2 Å². The van der Waals surface area contributed by atoms with E-state index in [0.717, 1.165) is 32.7 Å². The minimum atomic E-state index is 0.0584. The van der Waals surface area contributed by atoms with Crippen molar-refractivity contribution in [3.05, 3.63) is 75.4 Å². The standard InChI is InChI=1S/C22H16ClN3OS2/c1-13-2-4-15(5-3-13)19-10-20(27)26(19)22-25-18(12-29-22)21-24-17(11-28-21)14-6-8-16(23)9-7-14/h2-9,11-12,19H,10H2,1H3. The maximum absolute atomic E-state index is 12.3. The van der Waals surface area contributed by atoms with Crippen LogP contribution in [0.4, 0.5) is 5.13 Å². The summed E-state index contributed by atoms with van der Waals surface area (Å²) < 4.78 is 0. The van der Waals surface area contributed by atoms with Gasteiger partial charge in [-0.15, -0.1) is 22.7 Å². The van der Waals surface area contributed by atoms with E-state index in [-0.39, 0.29) is 11.9 Å². The van der Waals surface area contributed by atoms with Crippen LogP contribution in [0.3, 0.4) is 0 Å². The number of halogens is 1. The van der Waals surface area contributed by atoms with Crippen molar-refractivity contribution in [2.75, 3.05) is 4.90 Å². The van der Waals surface area contributed by atoms with Crippen molar-refractivity contribution >= 4 is 45.3 Å². The molecule has 2 aromatic carbocycles. The smallest absolute Gasteiger partial charge is 0.231 e. The number of thiazole rings is 2. The summed E-state index contributed by atoms with van der Waals surface area (Å²) in [7, 11) is 0. The van der Waals surface area contributed by atoms with Crippen LogP contribution in [-0.2, 0) is 4.79 Å². The number of carbonyl (C=O) groups is 1. The summed E-state index contributed by atoms with van der Waals surface area (Å²) in [6, 6.07) is 16.0. The molecule has 29 heavy (non-hydrogen) atoms. The van der Waals surface area contributed by atoms with Gasteiger partial charge in [-0.2, -0.15) is 0 Å². The van der Waals surface area contributed by atoms with Gasteiger partial charge in [0, 0.05) is 21.3 Å². The molecule has 0 bridgehead atoms. The number of amides is 1. The highest BCUT2D eigenvalue weighted by Crippen LogP contribution is 2.41. The van der Waals surface area contributed by atoms with Gasteiger partial charge in [-0.05, 0) is 24.6 Å². The average molecular weight is 438 g/mol. The second kappa shape index (κ2) is 7.37. The zero-order valence-electron chi connectivity index (χ0n) is 15.5. The fraction of sp³-hybridized carbons (Fsp3) is 0.136. The molecular weight excluding hydrogens is 422 g/mol. The average Bonchev–Trinajstić information content (AvgIpc) is 3.37. The van der Waals surface area contributed by atoms with E-state index >= 15 is 0 Å². The van der Waals surface area contributed by atoms with Gasteiger partial charge in [-0.25, -0.2) is 9.97 Å². The summed E-state index contributed by atoms with van der Waals surface area (Å²) in [5, 5.41) is 6.26. The van der Waals surface area contributed by atoms with Crippen molar-refractivity contribution in [2.24, 2.45) is 0 Å². The Labute approximate surface area is 181 Å². The fourth-order valence-electron chi connectivity index (χ4n) is 3.33. The number of aromatic nitrogens is 2. The Bertz CT molecular complexity index is 1180. The number of hydrogen-bond donors (Lipinski definition) is 0. The van der Waals surface area contributed by atoms with E-state index in [4.69, 9.17) is 21.6 Å². The molecule has 0 aliphatic carbocycles. The molecule has 0 radical (unpaired) electrons. The van der Waals surface area contributed by atoms with Crippen LogP contribution in [0.25, 0.3) is 22.0 Å². The van der Waals surface area contributed by atoms with Gasteiger partial charge < -0.3 is 0 Å². The number of rotatable bonds is 4. The first-order valence-corrected chi connectivity index (χ1v) is 11.3. The number of aryl methyl sites for hydroxylation is 1. The number of benzene rings is 2. The molecule has 1 saturated heterocycles. The normalized spacial score (nSPS) is 16.1. The Morgan fingerprint density at radius 1 is 0.966 bits per heavy atom. The lowest BCUT2D eigenvalue weighted by Crippen LogP contribution is -2.46. The van der Waals surface area contributed by atoms with Gasteiger partial charge in [0.25, 0.3) is 0 Å². The predicted molar refractivity (Wildman–Crippen MR) is 120 cm³/mol. The van der Waals surface area contributed by atoms with Crippen molar-refractivity contribution in [3.63, 3.8) is 0 Å². The third-order valence-corrected chi connectivity index (χ3v) is 6.93. The maximum atomic E-state index is 12.3. The number of carbonyl (C=O) groups excluding carboxylic acids is 1. The lowest BCUT2D eigenvalue weighted by atomic mass is 9.94. The zero-order valence-corrected chi connectivity index (χ0v) is 17.9. The first-order valence-electron chi connectivity index (χ1n) is 9.14. The summed E-state index contributed by atoms with van der Waals surface area (Å²) in [6.45, 7) is 2.06. The molecule has 4 nitrogen and oxygen atoms in total. The first-order chi connectivity index (χ1) is 14.1. The van der Waals surface area contributed by atoms with E-state index in [1.54, 1.807) is 16.2 Å². The molecule has 3 heterocycles. The highest BCUT2D eigenvalue weighted by Gasteiger charge is 2.40. The molecule has 7 heteroatoms. The third-order valence-electron chi connectivity index (χ3n) is 4.97.